The van der Waals surface area contributed by atoms with E-state index in [2.05, 4.69) is 4.98 Å². The summed E-state index contributed by atoms with van der Waals surface area (Å²) in [4.78, 5) is 16.3. The lowest BCUT2D eigenvalue weighted by Gasteiger charge is -2.10. The topological polar surface area (TPSA) is 34.9 Å². The highest BCUT2D eigenvalue weighted by atomic mass is 35.5. The molecule has 0 N–H and O–H groups in total. The van der Waals surface area contributed by atoms with Crippen LogP contribution in [0.3, 0.4) is 0 Å². The highest BCUT2D eigenvalue weighted by Crippen LogP contribution is 2.10. The Hall–Kier alpha value is -1.35. The van der Waals surface area contributed by atoms with Gasteiger partial charge >= 0.3 is 0 Å². The van der Waals surface area contributed by atoms with Gasteiger partial charge in [0.15, 0.2) is 0 Å². The molecule has 0 atom stereocenters. The minimum absolute atomic E-state index is 0.00160. The van der Waals surface area contributed by atoms with Crippen molar-refractivity contribution in [3.8, 4) is 0 Å². The molecule has 90 valence electrons. The van der Waals surface area contributed by atoms with E-state index in [0.29, 0.717) is 18.1 Å². The SMILES string of the molecule is Cc1nc2ccccc2n(CCCCCl)c1=O. The zero-order chi connectivity index (χ0) is 12.3. The van der Waals surface area contributed by atoms with E-state index >= 15 is 0 Å². The van der Waals surface area contributed by atoms with E-state index in [0.717, 1.165) is 23.9 Å². The van der Waals surface area contributed by atoms with Gasteiger partial charge < -0.3 is 4.57 Å². The molecule has 0 spiro atoms. The Morgan fingerprint density at radius 2 is 2.06 bits per heavy atom. The Morgan fingerprint density at radius 3 is 2.82 bits per heavy atom. The van der Waals surface area contributed by atoms with Crippen LogP contribution in [0.5, 0.6) is 0 Å². The number of aromatic nitrogens is 2. The van der Waals surface area contributed by atoms with Gasteiger partial charge in [0.2, 0.25) is 0 Å². The second-order valence-corrected chi connectivity index (χ2v) is 4.42. The van der Waals surface area contributed by atoms with Crippen LogP contribution in [0, 0.1) is 6.92 Å². The van der Waals surface area contributed by atoms with E-state index in [4.69, 9.17) is 11.6 Å². The van der Waals surface area contributed by atoms with Crippen LogP contribution >= 0.6 is 11.6 Å². The highest BCUT2D eigenvalue weighted by molar-refractivity contribution is 6.17. The summed E-state index contributed by atoms with van der Waals surface area (Å²) in [6.07, 6.45) is 1.83. The quantitative estimate of drug-likeness (QED) is 0.618. The summed E-state index contributed by atoms with van der Waals surface area (Å²) >= 11 is 5.66. The van der Waals surface area contributed by atoms with Gasteiger partial charge in [-0.3, -0.25) is 4.79 Å². The van der Waals surface area contributed by atoms with E-state index in [1.165, 1.54) is 0 Å². The first-order valence-corrected chi connectivity index (χ1v) is 6.29. The Kier molecular flexibility index (Phi) is 3.79. The number of benzene rings is 1. The standard InChI is InChI=1S/C13H15ClN2O/c1-10-13(17)16(9-5-4-8-14)12-7-3-2-6-11(12)15-10/h2-3,6-7H,4-5,8-9H2,1H3. The first-order valence-electron chi connectivity index (χ1n) is 5.76. The molecule has 2 rings (SSSR count). The van der Waals surface area contributed by atoms with Gasteiger partial charge in [-0.1, -0.05) is 12.1 Å². The van der Waals surface area contributed by atoms with Gasteiger partial charge in [0.1, 0.15) is 5.69 Å². The molecule has 0 fully saturated rings. The van der Waals surface area contributed by atoms with Gasteiger partial charge in [-0.2, -0.15) is 0 Å². The number of hydrogen-bond acceptors (Lipinski definition) is 2. The van der Waals surface area contributed by atoms with E-state index in [1.807, 2.05) is 24.3 Å². The third kappa shape index (κ3) is 2.50. The molecular weight excluding hydrogens is 236 g/mol. The molecule has 0 amide bonds. The van der Waals surface area contributed by atoms with Gasteiger partial charge in [0.25, 0.3) is 5.56 Å². The lowest BCUT2D eigenvalue weighted by molar-refractivity contribution is 0.628. The third-order valence-electron chi connectivity index (χ3n) is 2.78. The van der Waals surface area contributed by atoms with Crippen LogP contribution in [0.2, 0.25) is 0 Å². The number of fused-ring (bicyclic) bond motifs is 1. The molecule has 3 nitrogen and oxygen atoms in total. The normalized spacial score (nSPS) is 10.9. The summed E-state index contributed by atoms with van der Waals surface area (Å²) in [5, 5.41) is 0. The van der Waals surface area contributed by atoms with Crippen LogP contribution in [0.15, 0.2) is 29.1 Å². The number of halogens is 1. The fourth-order valence-corrected chi connectivity index (χ4v) is 2.10. The lowest BCUT2D eigenvalue weighted by Crippen LogP contribution is -2.24. The molecular formula is C13H15ClN2O. The summed E-state index contributed by atoms with van der Waals surface area (Å²) in [5.41, 5.74) is 2.32. The van der Waals surface area contributed by atoms with Crippen LogP contribution in [0.1, 0.15) is 18.5 Å². The molecule has 1 aromatic heterocycles. The maximum Gasteiger partial charge on any atom is 0.272 e. The van der Waals surface area contributed by atoms with Crippen molar-refractivity contribution in [2.75, 3.05) is 5.88 Å². The third-order valence-corrected chi connectivity index (χ3v) is 3.05. The van der Waals surface area contributed by atoms with Crippen molar-refractivity contribution in [3.63, 3.8) is 0 Å². The second kappa shape index (κ2) is 5.32. The lowest BCUT2D eigenvalue weighted by atomic mass is 10.2. The second-order valence-electron chi connectivity index (χ2n) is 4.04. The molecule has 17 heavy (non-hydrogen) atoms. The van der Waals surface area contributed by atoms with Crippen molar-refractivity contribution < 1.29 is 0 Å². The van der Waals surface area contributed by atoms with Crippen molar-refractivity contribution in [3.05, 3.63) is 40.3 Å². The maximum atomic E-state index is 12.0. The summed E-state index contributed by atoms with van der Waals surface area (Å²) in [7, 11) is 0. The zero-order valence-electron chi connectivity index (χ0n) is 9.82. The maximum absolute atomic E-state index is 12.0. The molecule has 2 aromatic rings. The van der Waals surface area contributed by atoms with Crippen LogP contribution in [-0.2, 0) is 6.54 Å². The van der Waals surface area contributed by atoms with Crippen LogP contribution < -0.4 is 5.56 Å². The average Bonchev–Trinajstić information content (AvgIpc) is 2.34. The van der Waals surface area contributed by atoms with Crippen molar-refractivity contribution in [1.29, 1.82) is 0 Å². The van der Waals surface area contributed by atoms with Crippen LogP contribution in [0.25, 0.3) is 11.0 Å². The Labute approximate surface area is 105 Å². The van der Waals surface area contributed by atoms with Gasteiger partial charge in [-0.25, -0.2) is 4.98 Å². The molecule has 0 bridgehead atoms. The average molecular weight is 251 g/mol. The fourth-order valence-electron chi connectivity index (χ4n) is 1.91. The van der Waals surface area contributed by atoms with E-state index in [-0.39, 0.29) is 5.56 Å². The van der Waals surface area contributed by atoms with Gasteiger partial charge in [-0.15, -0.1) is 11.6 Å². The molecule has 0 saturated heterocycles. The van der Waals surface area contributed by atoms with Crippen molar-refractivity contribution in [1.82, 2.24) is 9.55 Å². The van der Waals surface area contributed by atoms with Gasteiger partial charge in [0, 0.05) is 12.4 Å². The molecule has 4 heteroatoms. The Bertz CT molecular complexity index is 577. The Morgan fingerprint density at radius 1 is 1.29 bits per heavy atom. The van der Waals surface area contributed by atoms with Crippen LogP contribution in [-0.4, -0.2) is 15.4 Å². The fraction of sp³-hybridized carbons (Fsp3) is 0.385. The number of alkyl halides is 1. The minimum atomic E-state index is -0.00160. The van der Waals surface area contributed by atoms with E-state index in [1.54, 1.807) is 11.5 Å². The molecule has 0 saturated carbocycles. The van der Waals surface area contributed by atoms with Gasteiger partial charge in [-0.05, 0) is 31.9 Å². The molecule has 0 aliphatic carbocycles. The predicted molar refractivity (Wildman–Crippen MR) is 70.7 cm³/mol. The molecule has 0 radical (unpaired) electrons. The number of aryl methyl sites for hydroxylation is 2. The first kappa shape index (κ1) is 12.1. The number of rotatable bonds is 4. The number of nitrogens with zero attached hydrogens (tertiary/aromatic N) is 2. The Balaban J connectivity index is 2.50. The number of hydrogen-bond donors (Lipinski definition) is 0. The summed E-state index contributed by atoms with van der Waals surface area (Å²) in [6.45, 7) is 2.46. The van der Waals surface area contributed by atoms with E-state index in [9.17, 15) is 4.79 Å². The van der Waals surface area contributed by atoms with Crippen molar-refractivity contribution >= 4 is 22.6 Å². The summed E-state index contributed by atoms with van der Waals surface area (Å²) in [6, 6.07) is 7.73. The zero-order valence-corrected chi connectivity index (χ0v) is 10.6. The smallest absolute Gasteiger partial charge is 0.272 e. The van der Waals surface area contributed by atoms with Crippen molar-refractivity contribution in [2.24, 2.45) is 0 Å². The summed E-state index contributed by atoms with van der Waals surface area (Å²) < 4.78 is 1.80. The predicted octanol–water partition coefficient (Wildman–Crippen LogP) is 2.72. The minimum Gasteiger partial charge on any atom is -0.305 e. The highest BCUT2D eigenvalue weighted by Gasteiger charge is 2.06. The molecule has 0 aliphatic rings. The number of unbranched alkanes of at least 4 members (excludes halogenated alkanes) is 1. The molecule has 1 heterocycles. The van der Waals surface area contributed by atoms with Crippen molar-refractivity contribution in [2.45, 2.75) is 26.3 Å². The largest absolute Gasteiger partial charge is 0.305 e. The monoisotopic (exact) mass is 250 g/mol. The van der Waals surface area contributed by atoms with Crippen LogP contribution in [0.4, 0.5) is 0 Å². The number of para-hydroxylation sites is 2. The molecule has 0 unspecified atom stereocenters. The first-order chi connectivity index (χ1) is 8.24. The molecule has 1 aromatic carbocycles. The molecule has 0 aliphatic heterocycles. The van der Waals surface area contributed by atoms with Gasteiger partial charge in [0.05, 0.1) is 11.0 Å². The summed E-state index contributed by atoms with van der Waals surface area (Å²) in [5.74, 6) is 0.636. The van der Waals surface area contributed by atoms with E-state index < -0.39 is 0 Å².